The van der Waals surface area contributed by atoms with Gasteiger partial charge in [-0.3, -0.25) is 0 Å². The van der Waals surface area contributed by atoms with Gasteiger partial charge in [0.1, 0.15) is 11.7 Å². The first kappa shape index (κ1) is 12.7. The van der Waals surface area contributed by atoms with Crippen LogP contribution in [0.3, 0.4) is 0 Å². The van der Waals surface area contributed by atoms with Crippen molar-refractivity contribution >= 4 is 5.97 Å². The Morgan fingerprint density at radius 2 is 2.33 bits per heavy atom. The zero-order valence-corrected chi connectivity index (χ0v) is 10.3. The molecule has 1 atom stereocenters. The van der Waals surface area contributed by atoms with E-state index in [2.05, 4.69) is 5.32 Å². The molecule has 1 aliphatic rings. The normalized spacial score (nSPS) is 19.3. The maximum atomic E-state index is 11.2. The molecule has 1 fully saturated rings. The summed E-state index contributed by atoms with van der Waals surface area (Å²) in [6.07, 6.45) is 1.94. The lowest BCUT2D eigenvalue weighted by Crippen LogP contribution is -2.37. The maximum absolute atomic E-state index is 11.2. The Kier molecular flexibility index (Phi) is 4.04. The van der Waals surface area contributed by atoms with Gasteiger partial charge in [0.05, 0.1) is 7.11 Å². The van der Waals surface area contributed by atoms with Gasteiger partial charge in [0.25, 0.3) is 0 Å². The highest BCUT2D eigenvalue weighted by Gasteiger charge is 2.21. The van der Waals surface area contributed by atoms with Crippen LogP contribution in [0.1, 0.15) is 23.2 Å². The van der Waals surface area contributed by atoms with E-state index in [1.54, 1.807) is 12.1 Å². The van der Waals surface area contributed by atoms with Crippen LogP contribution in [0, 0.1) is 0 Å². The second-order valence-corrected chi connectivity index (χ2v) is 4.23. The average molecular weight is 251 g/mol. The Hall–Kier alpha value is -1.75. The van der Waals surface area contributed by atoms with Gasteiger partial charge in [0.15, 0.2) is 11.5 Å². The number of piperidine rings is 1. The van der Waals surface area contributed by atoms with Gasteiger partial charge in [-0.05, 0) is 31.5 Å². The molecule has 0 aliphatic carbocycles. The number of carboxylic acid groups (broad SMARTS) is 1. The zero-order chi connectivity index (χ0) is 13.0. The third kappa shape index (κ3) is 2.73. The van der Waals surface area contributed by atoms with Crippen molar-refractivity contribution in [3.8, 4) is 11.5 Å². The predicted octanol–water partition coefficient (Wildman–Crippen LogP) is 1.52. The number of para-hydroxylation sites is 1. The Labute approximate surface area is 106 Å². The second kappa shape index (κ2) is 5.73. The lowest BCUT2D eigenvalue weighted by atomic mass is 10.1. The largest absolute Gasteiger partial charge is 0.493 e. The number of hydrogen-bond donors (Lipinski definition) is 2. The smallest absolute Gasteiger partial charge is 0.339 e. The first-order valence-corrected chi connectivity index (χ1v) is 6.00. The van der Waals surface area contributed by atoms with E-state index in [1.165, 1.54) is 13.2 Å². The molecule has 1 aromatic rings. The molecule has 2 N–H and O–H groups in total. The molecular formula is C13H17NO4. The summed E-state index contributed by atoms with van der Waals surface area (Å²) in [7, 11) is 1.51. The molecule has 0 bridgehead atoms. The summed E-state index contributed by atoms with van der Waals surface area (Å²) in [5, 5.41) is 12.4. The number of ether oxygens (including phenoxy) is 2. The van der Waals surface area contributed by atoms with Crippen molar-refractivity contribution in [2.24, 2.45) is 0 Å². The van der Waals surface area contributed by atoms with Crippen molar-refractivity contribution in [3.05, 3.63) is 23.8 Å². The van der Waals surface area contributed by atoms with Gasteiger partial charge in [0, 0.05) is 6.54 Å². The van der Waals surface area contributed by atoms with Gasteiger partial charge >= 0.3 is 5.97 Å². The molecule has 0 aromatic heterocycles. The third-order valence-electron chi connectivity index (χ3n) is 2.97. The monoisotopic (exact) mass is 251 g/mol. The van der Waals surface area contributed by atoms with Gasteiger partial charge in [0.2, 0.25) is 0 Å². The van der Waals surface area contributed by atoms with E-state index in [0.717, 1.165) is 25.9 Å². The van der Waals surface area contributed by atoms with Crippen LogP contribution in [-0.4, -0.2) is 37.4 Å². The van der Waals surface area contributed by atoms with E-state index in [4.69, 9.17) is 14.6 Å². The maximum Gasteiger partial charge on any atom is 0.339 e. The van der Waals surface area contributed by atoms with Crippen LogP contribution < -0.4 is 14.8 Å². The molecule has 1 heterocycles. The highest BCUT2D eigenvalue weighted by molar-refractivity contribution is 5.92. The topological polar surface area (TPSA) is 67.8 Å². The van der Waals surface area contributed by atoms with Crippen molar-refractivity contribution in [2.45, 2.75) is 18.9 Å². The lowest BCUT2D eigenvalue weighted by molar-refractivity contribution is 0.0685. The Morgan fingerprint density at radius 1 is 1.50 bits per heavy atom. The summed E-state index contributed by atoms with van der Waals surface area (Å²) in [4.78, 5) is 11.2. The minimum absolute atomic E-state index is 0.00634. The number of carboxylic acids is 1. The van der Waals surface area contributed by atoms with Crippen LogP contribution >= 0.6 is 0 Å². The molecule has 0 saturated carbocycles. The summed E-state index contributed by atoms with van der Waals surface area (Å²) in [5.74, 6) is -0.227. The minimum atomic E-state index is -1.01. The summed E-state index contributed by atoms with van der Waals surface area (Å²) < 4.78 is 11.0. The molecule has 2 rings (SSSR count). The van der Waals surface area contributed by atoms with Crippen molar-refractivity contribution < 1.29 is 19.4 Å². The fraction of sp³-hybridized carbons (Fsp3) is 0.462. The Morgan fingerprint density at radius 3 is 2.94 bits per heavy atom. The summed E-state index contributed by atoms with van der Waals surface area (Å²) in [5.41, 5.74) is 0.139. The molecule has 1 aromatic carbocycles. The van der Waals surface area contributed by atoms with Crippen molar-refractivity contribution in [1.82, 2.24) is 5.32 Å². The van der Waals surface area contributed by atoms with Gasteiger partial charge in [-0.15, -0.1) is 0 Å². The molecule has 0 radical (unpaired) electrons. The first-order chi connectivity index (χ1) is 8.72. The van der Waals surface area contributed by atoms with E-state index in [9.17, 15) is 4.79 Å². The molecule has 0 spiro atoms. The highest BCUT2D eigenvalue weighted by atomic mass is 16.5. The number of nitrogens with one attached hydrogen (secondary N) is 1. The second-order valence-electron chi connectivity index (χ2n) is 4.23. The fourth-order valence-corrected chi connectivity index (χ4v) is 2.05. The van der Waals surface area contributed by atoms with Crippen molar-refractivity contribution in [1.29, 1.82) is 0 Å². The fourth-order valence-electron chi connectivity index (χ4n) is 2.05. The summed E-state index contributed by atoms with van der Waals surface area (Å²) in [6, 6.07) is 4.88. The van der Waals surface area contributed by atoms with Crippen molar-refractivity contribution in [3.63, 3.8) is 0 Å². The average Bonchev–Trinajstić information content (AvgIpc) is 2.40. The summed E-state index contributed by atoms with van der Waals surface area (Å²) in [6.45, 7) is 1.72. The van der Waals surface area contributed by atoms with E-state index >= 15 is 0 Å². The predicted molar refractivity (Wildman–Crippen MR) is 66.5 cm³/mol. The molecule has 18 heavy (non-hydrogen) atoms. The van der Waals surface area contributed by atoms with Crippen LogP contribution in [0.4, 0.5) is 0 Å². The molecule has 5 heteroatoms. The van der Waals surface area contributed by atoms with E-state index in [1.807, 2.05) is 0 Å². The molecule has 1 saturated heterocycles. The molecule has 0 amide bonds. The lowest BCUT2D eigenvalue weighted by Gasteiger charge is -2.25. The first-order valence-electron chi connectivity index (χ1n) is 6.00. The van der Waals surface area contributed by atoms with E-state index in [-0.39, 0.29) is 11.7 Å². The van der Waals surface area contributed by atoms with Crippen LogP contribution in [0.15, 0.2) is 18.2 Å². The minimum Gasteiger partial charge on any atom is -0.493 e. The van der Waals surface area contributed by atoms with Gasteiger partial charge < -0.3 is 19.9 Å². The molecule has 1 aliphatic heterocycles. The quantitative estimate of drug-likeness (QED) is 0.849. The highest BCUT2D eigenvalue weighted by Crippen LogP contribution is 2.32. The van der Waals surface area contributed by atoms with Gasteiger partial charge in [-0.2, -0.15) is 0 Å². The summed E-state index contributed by atoms with van der Waals surface area (Å²) >= 11 is 0. The number of carbonyl (C=O) groups is 1. The van der Waals surface area contributed by atoms with Crippen LogP contribution in [-0.2, 0) is 0 Å². The number of methoxy groups -OCH3 is 1. The number of benzene rings is 1. The molecule has 98 valence electrons. The Bertz CT molecular complexity index is 427. The standard InChI is InChI=1S/C13H17NO4/c1-17-11-6-2-5-10(13(15)16)12(11)18-9-4-3-7-14-8-9/h2,5-6,9,14H,3-4,7-8H2,1H3,(H,15,16). The van der Waals surface area contributed by atoms with Crippen LogP contribution in [0.25, 0.3) is 0 Å². The van der Waals surface area contributed by atoms with Crippen LogP contribution in [0.5, 0.6) is 11.5 Å². The number of rotatable bonds is 4. The van der Waals surface area contributed by atoms with Gasteiger partial charge in [-0.25, -0.2) is 4.79 Å². The zero-order valence-electron chi connectivity index (χ0n) is 10.3. The van der Waals surface area contributed by atoms with E-state index < -0.39 is 5.97 Å². The van der Waals surface area contributed by atoms with Gasteiger partial charge in [-0.1, -0.05) is 6.07 Å². The van der Waals surface area contributed by atoms with Crippen molar-refractivity contribution in [2.75, 3.05) is 20.2 Å². The third-order valence-corrected chi connectivity index (χ3v) is 2.97. The SMILES string of the molecule is COc1cccc(C(=O)O)c1OC1CCCNC1. The molecule has 5 nitrogen and oxygen atoms in total. The molecule has 1 unspecified atom stereocenters. The Balaban J connectivity index is 2.25. The number of hydrogen-bond acceptors (Lipinski definition) is 4. The van der Waals surface area contributed by atoms with E-state index in [0.29, 0.717) is 11.5 Å². The molecular weight excluding hydrogens is 234 g/mol. The number of aromatic carboxylic acids is 1. The van der Waals surface area contributed by atoms with Crippen LogP contribution in [0.2, 0.25) is 0 Å².